The second-order valence-corrected chi connectivity index (χ2v) is 5.97. The van der Waals surface area contributed by atoms with Gasteiger partial charge in [0.2, 0.25) is 5.91 Å². The van der Waals surface area contributed by atoms with Crippen LogP contribution in [0.4, 0.5) is 5.69 Å². The van der Waals surface area contributed by atoms with Gasteiger partial charge in [-0.15, -0.1) is 0 Å². The number of ether oxygens (including phenoxy) is 1. The molecule has 0 radical (unpaired) electrons. The number of rotatable bonds is 4. The van der Waals surface area contributed by atoms with Gasteiger partial charge in [0, 0.05) is 29.7 Å². The smallest absolute Gasteiger partial charge is 0.224 e. The lowest BCUT2D eigenvalue weighted by atomic mass is 9.96. The first-order valence-electron chi connectivity index (χ1n) is 6.74. The van der Waals surface area contributed by atoms with Crippen LogP contribution in [0.5, 0.6) is 0 Å². The number of anilines is 1. The van der Waals surface area contributed by atoms with Crippen molar-refractivity contribution in [1.29, 1.82) is 0 Å². The molecule has 0 spiro atoms. The number of nitrogens with one attached hydrogen (secondary N) is 1. The number of Topliss-reactive ketones (excluding diaryl/α,β-unsaturated/α-hetero) is 1. The van der Waals surface area contributed by atoms with Crippen molar-refractivity contribution < 1.29 is 14.3 Å². The number of halogens is 1. The van der Waals surface area contributed by atoms with E-state index < -0.39 is 0 Å². The Morgan fingerprint density at radius 3 is 2.70 bits per heavy atom. The van der Waals surface area contributed by atoms with E-state index in [-0.39, 0.29) is 11.7 Å². The van der Waals surface area contributed by atoms with Gasteiger partial charge in [0.15, 0.2) is 5.78 Å². The predicted molar refractivity (Wildman–Crippen MR) is 80.9 cm³/mol. The van der Waals surface area contributed by atoms with Gasteiger partial charge in [-0.2, -0.15) is 0 Å². The maximum atomic E-state index is 12.1. The topological polar surface area (TPSA) is 55.4 Å². The summed E-state index contributed by atoms with van der Waals surface area (Å²) in [6.45, 7) is 2.96. The van der Waals surface area contributed by atoms with E-state index >= 15 is 0 Å². The van der Waals surface area contributed by atoms with E-state index in [9.17, 15) is 9.59 Å². The highest BCUT2D eigenvalue weighted by Crippen LogP contribution is 2.23. The van der Waals surface area contributed by atoms with Crippen LogP contribution in [0.1, 0.15) is 36.5 Å². The third kappa shape index (κ3) is 4.15. The molecular formula is C15H18BrNO3. The molecule has 1 aromatic carbocycles. The Morgan fingerprint density at radius 1 is 1.35 bits per heavy atom. The molecule has 1 amide bonds. The number of benzene rings is 1. The molecule has 4 nitrogen and oxygen atoms in total. The zero-order chi connectivity index (χ0) is 14.5. The third-order valence-corrected chi connectivity index (χ3v) is 3.94. The van der Waals surface area contributed by atoms with Gasteiger partial charge < -0.3 is 10.1 Å². The molecular weight excluding hydrogens is 322 g/mol. The molecule has 0 bridgehead atoms. The Morgan fingerprint density at radius 2 is 2.05 bits per heavy atom. The van der Waals surface area contributed by atoms with Gasteiger partial charge in [0.05, 0.1) is 5.69 Å². The minimum Gasteiger partial charge on any atom is -0.381 e. The number of carbonyl (C=O) groups excluding carboxylic acids is 2. The van der Waals surface area contributed by atoms with Crippen molar-refractivity contribution in [2.24, 2.45) is 5.92 Å². The van der Waals surface area contributed by atoms with E-state index in [0.29, 0.717) is 23.6 Å². The molecule has 108 valence electrons. The molecule has 0 atom stereocenters. The Kier molecular flexibility index (Phi) is 5.31. The van der Waals surface area contributed by atoms with E-state index in [0.717, 1.165) is 30.5 Å². The number of amides is 1. The van der Waals surface area contributed by atoms with Gasteiger partial charge >= 0.3 is 0 Å². The fraction of sp³-hybridized carbons (Fsp3) is 0.467. The van der Waals surface area contributed by atoms with Crippen LogP contribution in [0, 0.1) is 5.92 Å². The van der Waals surface area contributed by atoms with Crippen LogP contribution >= 0.6 is 15.9 Å². The van der Waals surface area contributed by atoms with E-state index in [4.69, 9.17) is 4.74 Å². The first-order valence-corrected chi connectivity index (χ1v) is 7.53. The Hall–Kier alpha value is -1.20. The highest BCUT2D eigenvalue weighted by Gasteiger charge is 2.18. The molecule has 1 N–H and O–H groups in total. The monoisotopic (exact) mass is 339 g/mol. The average Bonchev–Trinajstić information content (AvgIpc) is 2.41. The van der Waals surface area contributed by atoms with Crippen LogP contribution in [0.25, 0.3) is 0 Å². The standard InChI is InChI=1S/C15H18BrNO3/c1-10(18)13-9-12(16)2-3-14(13)17-15(19)8-11-4-6-20-7-5-11/h2-3,9,11H,4-8H2,1H3,(H,17,19). The lowest BCUT2D eigenvalue weighted by Gasteiger charge is -2.21. The van der Waals surface area contributed by atoms with E-state index in [1.54, 1.807) is 12.1 Å². The zero-order valence-electron chi connectivity index (χ0n) is 11.4. The molecule has 5 heteroatoms. The van der Waals surface area contributed by atoms with Gasteiger partial charge in [-0.25, -0.2) is 0 Å². The summed E-state index contributed by atoms with van der Waals surface area (Å²) in [6.07, 6.45) is 2.33. The van der Waals surface area contributed by atoms with E-state index in [1.807, 2.05) is 6.07 Å². The van der Waals surface area contributed by atoms with Crippen molar-refractivity contribution in [3.05, 3.63) is 28.2 Å². The van der Waals surface area contributed by atoms with Gasteiger partial charge in [0.25, 0.3) is 0 Å². The summed E-state index contributed by atoms with van der Waals surface area (Å²) in [5.74, 6) is 0.273. The highest BCUT2D eigenvalue weighted by atomic mass is 79.9. The first kappa shape index (κ1) is 15.2. The molecule has 1 aliphatic heterocycles. The van der Waals surface area contributed by atoms with Crippen LogP contribution in [0.3, 0.4) is 0 Å². The summed E-state index contributed by atoms with van der Waals surface area (Å²) in [6, 6.07) is 5.30. The van der Waals surface area contributed by atoms with Crippen molar-refractivity contribution in [3.63, 3.8) is 0 Å². The number of hydrogen-bond donors (Lipinski definition) is 1. The maximum absolute atomic E-state index is 12.1. The Bertz CT molecular complexity index is 510. The molecule has 1 saturated heterocycles. The summed E-state index contributed by atoms with van der Waals surface area (Å²) < 4.78 is 6.11. The maximum Gasteiger partial charge on any atom is 0.224 e. The fourth-order valence-electron chi connectivity index (χ4n) is 2.33. The average molecular weight is 340 g/mol. The van der Waals surface area contributed by atoms with E-state index in [1.165, 1.54) is 6.92 Å². The van der Waals surface area contributed by atoms with E-state index in [2.05, 4.69) is 21.2 Å². The Labute approximate surface area is 127 Å². The molecule has 0 unspecified atom stereocenters. The predicted octanol–water partition coefficient (Wildman–Crippen LogP) is 3.41. The van der Waals surface area contributed by atoms with Crippen LogP contribution in [-0.4, -0.2) is 24.9 Å². The van der Waals surface area contributed by atoms with Crippen LogP contribution in [-0.2, 0) is 9.53 Å². The molecule has 0 saturated carbocycles. The molecule has 0 aromatic heterocycles. The van der Waals surface area contributed by atoms with Gasteiger partial charge in [0.1, 0.15) is 0 Å². The zero-order valence-corrected chi connectivity index (χ0v) is 13.0. The van der Waals surface area contributed by atoms with Gasteiger partial charge in [-0.05, 0) is 43.9 Å². The van der Waals surface area contributed by atoms with Crippen LogP contribution in [0.2, 0.25) is 0 Å². The lowest BCUT2D eigenvalue weighted by Crippen LogP contribution is -2.22. The summed E-state index contributed by atoms with van der Waals surface area (Å²) in [5.41, 5.74) is 1.11. The van der Waals surface area contributed by atoms with Crippen LogP contribution < -0.4 is 5.32 Å². The Balaban J connectivity index is 2.01. The largest absolute Gasteiger partial charge is 0.381 e. The second kappa shape index (κ2) is 6.99. The summed E-state index contributed by atoms with van der Waals surface area (Å²) in [7, 11) is 0. The lowest BCUT2D eigenvalue weighted by molar-refractivity contribution is -0.117. The van der Waals surface area contributed by atoms with Crippen molar-refractivity contribution in [2.45, 2.75) is 26.2 Å². The molecule has 1 aliphatic rings. The summed E-state index contributed by atoms with van der Waals surface area (Å²) in [4.78, 5) is 23.7. The minimum absolute atomic E-state index is 0.0401. The number of ketones is 1. The molecule has 1 aromatic rings. The second-order valence-electron chi connectivity index (χ2n) is 5.05. The quantitative estimate of drug-likeness (QED) is 0.855. The fourth-order valence-corrected chi connectivity index (χ4v) is 2.69. The summed E-state index contributed by atoms with van der Waals surface area (Å²) in [5, 5.41) is 2.84. The highest BCUT2D eigenvalue weighted by molar-refractivity contribution is 9.10. The molecule has 0 aliphatic carbocycles. The van der Waals surface area contributed by atoms with Crippen molar-refractivity contribution in [1.82, 2.24) is 0 Å². The molecule has 20 heavy (non-hydrogen) atoms. The molecule has 1 heterocycles. The molecule has 2 rings (SSSR count). The normalized spacial score (nSPS) is 15.9. The molecule has 1 fully saturated rings. The van der Waals surface area contributed by atoms with Gasteiger partial charge in [-0.3, -0.25) is 9.59 Å². The van der Waals surface area contributed by atoms with Crippen molar-refractivity contribution in [3.8, 4) is 0 Å². The number of carbonyl (C=O) groups is 2. The summed E-state index contributed by atoms with van der Waals surface area (Å²) >= 11 is 3.33. The van der Waals surface area contributed by atoms with Crippen molar-refractivity contribution >= 4 is 33.3 Å². The first-order chi connectivity index (χ1) is 9.56. The van der Waals surface area contributed by atoms with Gasteiger partial charge in [-0.1, -0.05) is 15.9 Å². The third-order valence-electron chi connectivity index (χ3n) is 3.45. The van der Waals surface area contributed by atoms with Crippen LogP contribution in [0.15, 0.2) is 22.7 Å². The minimum atomic E-state index is -0.0623. The van der Waals surface area contributed by atoms with Crippen molar-refractivity contribution in [2.75, 3.05) is 18.5 Å². The SMILES string of the molecule is CC(=O)c1cc(Br)ccc1NC(=O)CC1CCOCC1. The number of hydrogen-bond acceptors (Lipinski definition) is 3.